The summed E-state index contributed by atoms with van der Waals surface area (Å²) in [5, 5.41) is 8.33. The Balaban J connectivity index is 1.80. The summed E-state index contributed by atoms with van der Waals surface area (Å²) < 4.78 is 11.5. The molecule has 36 heavy (non-hydrogen) atoms. The number of aromatic nitrogens is 1. The van der Waals surface area contributed by atoms with Crippen LogP contribution in [0.1, 0.15) is 70.8 Å². The highest BCUT2D eigenvalue weighted by molar-refractivity contribution is 6.05. The highest BCUT2D eigenvalue weighted by Crippen LogP contribution is 2.29. The Morgan fingerprint density at radius 2 is 2.00 bits per heavy atom. The van der Waals surface area contributed by atoms with Crippen LogP contribution in [0.2, 0.25) is 0 Å². The number of pyridine rings is 1. The molecule has 1 atom stereocenters. The van der Waals surface area contributed by atoms with Crippen LogP contribution in [0.4, 0.5) is 0 Å². The summed E-state index contributed by atoms with van der Waals surface area (Å²) in [4.78, 5) is 22.7. The summed E-state index contributed by atoms with van der Waals surface area (Å²) in [5.74, 6) is 1.60. The van der Waals surface area contributed by atoms with Gasteiger partial charge in [0.2, 0.25) is 11.8 Å². The van der Waals surface area contributed by atoms with E-state index >= 15 is 0 Å². The van der Waals surface area contributed by atoms with Gasteiger partial charge in [0.15, 0.2) is 0 Å². The fraction of sp³-hybridized carbons (Fsp3) is 0.414. The maximum Gasteiger partial charge on any atom is 0.223 e. The number of carbonyl (C=O) groups excluding carboxylic acids is 1. The van der Waals surface area contributed by atoms with Gasteiger partial charge in [0.25, 0.3) is 0 Å². The van der Waals surface area contributed by atoms with Crippen molar-refractivity contribution in [2.24, 2.45) is 11.1 Å². The molecule has 0 bridgehead atoms. The van der Waals surface area contributed by atoms with Crippen LogP contribution in [-0.2, 0) is 16.2 Å². The number of furan rings is 1. The lowest BCUT2D eigenvalue weighted by Gasteiger charge is -2.24. The second-order valence-electron chi connectivity index (χ2n) is 10.0. The lowest BCUT2D eigenvalue weighted by Crippen LogP contribution is -2.26. The molecule has 3 rings (SSSR count). The summed E-state index contributed by atoms with van der Waals surface area (Å²) in [6.45, 7) is 16.5. The Bertz CT molecular complexity index is 1220. The second-order valence-corrected chi connectivity index (χ2v) is 10.0. The van der Waals surface area contributed by atoms with Gasteiger partial charge in [-0.1, -0.05) is 37.2 Å². The van der Waals surface area contributed by atoms with Crippen LogP contribution >= 0.6 is 0 Å². The van der Waals surface area contributed by atoms with Crippen LogP contribution in [0.25, 0.3) is 10.9 Å². The predicted octanol–water partition coefficient (Wildman–Crippen LogP) is 6.69. The third kappa shape index (κ3) is 7.70. The highest BCUT2D eigenvalue weighted by atomic mass is 16.6. The average Bonchev–Trinajstić information content (AvgIpc) is 3.34. The van der Waals surface area contributed by atoms with Gasteiger partial charge in [0.05, 0.1) is 29.6 Å². The molecule has 7 heteroatoms. The summed E-state index contributed by atoms with van der Waals surface area (Å²) in [6.07, 6.45) is 3.02. The Morgan fingerprint density at radius 3 is 2.67 bits per heavy atom. The minimum Gasteiger partial charge on any atom is -0.471 e. The van der Waals surface area contributed by atoms with Gasteiger partial charge in [0.1, 0.15) is 17.1 Å². The maximum atomic E-state index is 12.2. The molecule has 0 aliphatic carbocycles. The van der Waals surface area contributed by atoms with Crippen molar-refractivity contribution in [3.8, 4) is 5.88 Å². The third-order valence-corrected chi connectivity index (χ3v) is 5.64. The minimum atomic E-state index is -0.436. The third-order valence-electron chi connectivity index (χ3n) is 5.64. The van der Waals surface area contributed by atoms with Gasteiger partial charge in [0, 0.05) is 24.1 Å². The molecular weight excluding hydrogens is 454 g/mol. The maximum absolute atomic E-state index is 12.2. The molecule has 0 saturated heterocycles. The molecule has 0 aliphatic heterocycles. The van der Waals surface area contributed by atoms with Gasteiger partial charge < -0.3 is 19.3 Å². The molecule has 0 radical (unpaired) electrons. The van der Waals surface area contributed by atoms with Gasteiger partial charge in [-0.05, 0) is 64.4 Å². The first-order chi connectivity index (χ1) is 17.1. The minimum absolute atomic E-state index is 0.0840. The van der Waals surface area contributed by atoms with Crippen LogP contribution in [0.3, 0.4) is 0 Å². The number of rotatable bonds is 11. The van der Waals surface area contributed by atoms with Crippen LogP contribution in [-0.4, -0.2) is 22.2 Å². The summed E-state index contributed by atoms with van der Waals surface area (Å²) >= 11 is 0. The van der Waals surface area contributed by atoms with Crippen molar-refractivity contribution < 1.29 is 18.8 Å². The van der Waals surface area contributed by atoms with Crippen molar-refractivity contribution in [2.75, 3.05) is 0 Å². The predicted molar refractivity (Wildman–Crippen MR) is 143 cm³/mol. The Labute approximate surface area is 213 Å². The second kappa shape index (κ2) is 11.9. The Morgan fingerprint density at radius 1 is 1.22 bits per heavy atom. The fourth-order valence-electron chi connectivity index (χ4n) is 3.53. The topological polar surface area (TPSA) is 86.0 Å². The first-order valence-electron chi connectivity index (χ1n) is 12.4. The van der Waals surface area contributed by atoms with Crippen molar-refractivity contribution in [2.45, 2.75) is 73.0 Å². The van der Waals surface area contributed by atoms with Crippen molar-refractivity contribution >= 4 is 22.5 Å². The van der Waals surface area contributed by atoms with Crippen molar-refractivity contribution in [1.82, 2.24) is 10.3 Å². The number of amides is 1. The molecule has 2 aromatic heterocycles. The van der Waals surface area contributed by atoms with Crippen molar-refractivity contribution in [3.05, 3.63) is 71.9 Å². The quantitative estimate of drug-likeness (QED) is 0.183. The molecule has 1 unspecified atom stereocenters. The highest BCUT2D eigenvalue weighted by Gasteiger charge is 2.23. The number of hydrogen-bond acceptors (Lipinski definition) is 6. The standard InChI is InChI=1S/C29H37N3O4/c1-8-20(3)27(32-36-21(4)12-14-26(33)30-18-23-10-9-15-34-23)24-17-22-16-19(2)11-13-25(22)31-28(24)35-29(5,6)7/h9-11,13,15-17,20H,4,8,12,14,18H2,1-3,5-7H3,(H,30,33)/b32-27+. The van der Waals surface area contributed by atoms with E-state index in [4.69, 9.17) is 19.0 Å². The van der Waals surface area contributed by atoms with E-state index in [0.29, 0.717) is 30.4 Å². The Hall–Kier alpha value is -3.61. The number of oxime groups is 1. The molecule has 0 fully saturated rings. The van der Waals surface area contributed by atoms with E-state index in [1.165, 1.54) is 0 Å². The first kappa shape index (κ1) is 27.0. The van der Waals surface area contributed by atoms with E-state index in [1.54, 1.807) is 12.3 Å². The molecular formula is C29H37N3O4. The van der Waals surface area contributed by atoms with Gasteiger partial charge in [-0.3, -0.25) is 4.79 Å². The van der Waals surface area contributed by atoms with E-state index < -0.39 is 5.60 Å². The molecule has 1 N–H and O–H groups in total. The lowest BCUT2D eigenvalue weighted by molar-refractivity contribution is -0.121. The summed E-state index contributed by atoms with van der Waals surface area (Å²) in [6, 6.07) is 11.8. The number of benzene rings is 1. The number of carbonyl (C=O) groups is 1. The van der Waals surface area contributed by atoms with E-state index in [1.807, 2.05) is 39.0 Å². The lowest BCUT2D eigenvalue weighted by atomic mass is 9.95. The molecule has 0 spiro atoms. The number of nitrogens with zero attached hydrogens (tertiary/aromatic N) is 2. The molecule has 192 valence electrons. The van der Waals surface area contributed by atoms with Gasteiger partial charge in [-0.2, -0.15) is 0 Å². The molecule has 3 aromatic rings. The summed E-state index contributed by atoms with van der Waals surface area (Å²) in [7, 11) is 0. The van der Waals surface area contributed by atoms with Crippen LogP contribution in [0, 0.1) is 12.8 Å². The first-order valence-corrected chi connectivity index (χ1v) is 12.4. The average molecular weight is 492 g/mol. The van der Waals surface area contributed by atoms with Crippen LogP contribution in [0.15, 0.2) is 64.6 Å². The smallest absolute Gasteiger partial charge is 0.223 e. The monoisotopic (exact) mass is 491 g/mol. The molecule has 7 nitrogen and oxygen atoms in total. The fourth-order valence-corrected chi connectivity index (χ4v) is 3.53. The number of fused-ring (bicyclic) bond motifs is 1. The molecule has 0 saturated carbocycles. The number of allylic oxidation sites excluding steroid dienone is 1. The van der Waals surface area contributed by atoms with E-state index in [2.05, 4.69) is 50.0 Å². The zero-order valence-electron chi connectivity index (χ0n) is 22.2. The zero-order valence-corrected chi connectivity index (χ0v) is 22.2. The van der Waals surface area contributed by atoms with Crippen LogP contribution < -0.4 is 10.1 Å². The largest absolute Gasteiger partial charge is 0.471 e. The molecule has 1 amide bonds. The zero-order chi connectivity index (χ0) is 26.3. The van der Waals surface area contributed by atoms with Gasteiger partial charge in [-0.25, -0.2) is 4.98 Å². The molecule has 1 aromatic carbocycles. The van der Waals surface area contributed by atoms with E-state index in [0.717, 1.165) is 34.2 Å². The number of ether oxygens (including phenoxy) is 1. The molecule has 0 aliphatic rings. The van der Waals surface area contributed by atoms with E-state index in [-0.39, 0.29) is 18.2 Å². The Kier molecular flexibility index (Phi) is 8.91. The summed E-state index contributed by atoms with van der Waals surface area (Å²) in [5.41, 5.74) is 3.10. The van der Waals surface area contributed by atoms with Crippen molar-refractivity contribution in [3.63, 3.8) is 0 Å². The van der Waals surface area contributed by atoms with Crippen molar-refractivity contribution in [1.29, 1.82) is 0 Å². The van der Waals surface area contributed by atoms with Gasteiger partial charge in [-0.15, -0.1) is 0 Å². The van der Waals surface area contributed by atoms with E-state index in [9.17, 15) is 4.79 Å². The number of aryl methyl sites for hydroxylation is 1. The molecule has 2 heterocycles. The van der Waals surface area contributed by atoms with Gasteiger partial charge >= 0.3 is 0 Å². The normalized spacial score (nSPS) is 12.9. The van der Waals surface area contributed by atoms with Crippen LogP contribution in [0.5, 0.6) is 5.88 Å². The number of hydrogen-bond donors (Lipinski definition) is 1. The number of nitrogens with one attached hydrogen (secondary N) is 1. The SMILES string of the molecule is C=C(CCC(=O)NCc1ccco1)O/N=C(/c1cc2cc(C)ccc2nc1OC(C)(C)C)C(C)CC.